The van der Waals surface area contributed by atoms with Gasteiger partial charge in [0.15, 0.2) is 5.79 Å². The van der Waals surface area contributed by atoms with Crippen LogP contribution in [0.25, 0.3) is 11.0 Å². The first-order chi connectivity index (χ1) is 14.7. The number of nitrogens with two attached hydrogens (primary N) is 1. The third-order valence-corrected chi connectivity index (χ3v) is 7.88. The number of aliphatic hydroxyl groups is 1. The van der Waals surface area contributed by atoms with Crippen LogP contribution in [0.4, 0.5) is 5.82 Å². The first-order valence-electron chi connectivity index (χ1n) is 10.3. The number of hydrogen-bond acceptors (Lipinski definition) is 6. The van der Waals surface area contributed by atoms with Crippen molar-refractivity contribution in [2.75, 3.05) is 5.73 Å². The standard InChI is InChI=1S/C22H22Cl2N4O3/c1-21(2)30-16-15(28-6-5-11-19(25)26-9-27-20(11)28)12-8-22(12,18(16)31-21)17(29)10-3-4-13(23)14(24)7-10/h3-7,9,12,15-18,29H,8H2,1-2H3,(H2,25,26,27)/t12-,15-,16+,17?,18+,22-/m1/s1. The van der Waals surface area contributed by atoms with E-state index in [2.05, 4.69) is 14.5 Å². The fourth-order valence-corrected chi connectivity index (χ4v) is 6.12. The predicted molar refractivity (Wildman–Crippen MR) is 117 cm³/mol. The minimum absolute atomic E-state index is 0.0454. The van der Waals surface area contributed by atoms with Gasteiger partial charge in [0.1, 0.15) is 23.9 Å². The van der Waals surface area contributed by atoms with Gasteiger partial charge in [0.05, 0.1) is 33.7 Å². The second-order valence-electron chi connectivity index (χ2n) is 9.23. The molecule has 7 nitrogen and oxygen atoms in total. The smallest absolute Gasteiger partial charge is 0.163 e. The molecule has 1 unspecified atom stereocenters. The quantitative estimate of drug-likeness (QED) is 0.609. The molecule has 3 fully saturated rings. The summed E-state index contributed by atoms with van der Waals surface area (Å²) in [6.07, 6.45) is 3.01. The van der Waals surface area contributed by atoms with Gasteiger partial charge in [-0.15, -0.1) is 0 Å². The molecule has 3 N–H and O–H groups in total. The summed E-state index contributed by atoms with van der Waals surface area (Å²) in [7, 11) is 0. The van der Waals surface area contributed by atoms with E-state index in [0.717, 1.165) is 23.0 Å². The van der Waals surface area contributed by atoms with Crippen LogP contribution in [0.15, 0.2) is 36.8 Å². The Hall–Kier alpha value is -1.90. The second-order valence-corrected chi connectivity index (χ2v) is 10.0. The molecule has 1 saturated heterocycles. The van der Waals surface area contributed by atoms with Crippen molar-refractivity contribution in [3.63, 3.8) is 0 Å². The van der Waals surface area contributed by atoms with Crippen molar-refractivity contribution >= 4 is 40.1 Å². The molecule has 2 aliphatic carbocycles. The third kappa shape index (κ3) is 2.64. The third-order valence-electron chi connectivity index (χ3n) is 7.14. The number of aromatic nitrogens is 3. The zero-order chi connectivity index (χ0) is 21.7. The average Bonchev–Trinajstić information content (AvgIpc) is 3.01. The normalized spacial score (nSPS) is 34.0. The highest BCUT2D eigenvalue weighted by molar-refractivity contribution is 6.42. The van der Waals surface area contributed by atoms with E-state index in [1.807, 2.05) is 32.2 Å². The van der Waals surface area contributed by atoms with Crippen molar-refractivity contribution in [2.45, 2.75) is 50.4 Å². The molecular weight excluding hydrogens is 439 g/mol. The highest BCUT2D eigenvalue weighted by Gasteiger charge is 2.78. The van der Waals surface area contributed by atoms with Crippen LogP contribution in [-0.4, -0.2) is 37.6 Å². The highest BCUT2D eigenvalue weighted by Crippen LogP contribution is 2.75. The molecule has 0 spiro atoms. The summed E-state index contributed by atoms with van der Waals surface area (Å²) in [5.74, 6) is -0.155. The maximum atomic E-state index is 11.5. The number of nitrogen functional groups attached to an aromatic ring is 1. The van der Waals surface area contributed by atoms with Gasteiger partial charge >= 0.3 is 0 Å². The van der Waals surface area contributed by atoms with Gasteiger partial charge in [-0.2, -0.15) is 0 Å². The minimum Gasteiger partial charge on any atom is -0.388 e. The van der Waals surface area contributed by atoms with E-state index in [4.69, 9.17) is 38.4 Å². The Bertz CT molecular complexity index is 1210. The number of aliphatic hydroxyl groups excluding tert-OH is 1. The van der Waals surface area contributed by atoms with Crippen LogP contribution in [0, 0.1) is 11.3 Å². The first kappa shape index (κ1) is 19.8. The average molecular weight is 461 g/mol. The molecule has 3 aromatic rings. The Morgan fingerprint density at radius 1 is 1.19 bits per heavy atom. The first-order valence-corrected chi connectivity index (χ1v) is 11.0. The number of rotatable bonds is 3. The molecule has 162 valence electrons. The number of ether oxygens (including phenoxy) is 2. The van der Waals surface area contributed by atoms with Crippen molar-refractivity contribution in [3.8, 4) is 0 Å². The van der Waals surface area contributed by atoms with Gasteiger partial charge in [-0.25, -0.2) is 9.97 Å². The van der Waals surface area contributed by atoms with E-state index in [9.17, 15) is 5.11 Å². The van der Waals surface area contributed by atoms with E-state index >= 15 is 0 Å². The lowest BCUT2D eigenvalue weighted by molar-refractivity contribution is -0.167. The summed E-state index contributed by atoms with van der Waals surface area (Å²) in [6, 6.07) is 7.16. The van der Waals surface area contributed by atoms with Gasteiger partial charge in [-0.1, -0.05) is 29.3 Å². The van der Waals surface area contributed by atoms with Crippen molar-refractivity contribution in [1.29, 1.82) is 0 Å². The molecule has 3 heterocycles. The monoisotopic (exact) mass is 460 g/mol. The molecule has 1 aromatic carbocycles. The van der Waals surface area contributed by atoms with Crippen molar-refractivity contribution in [1.82, 2.24) is 14.5 Å². The van der Waals surface area contributed by atoms with Crippen molar-refractivity contribution in [2.24, 2.45) is 11.3 Å². The van der Waals surface area contributed by atoms with Crippen LogP contribution in [-0.2, 0) is 9.47 Å². The molecule has 6 rings (SSSR count). The van der Waals surface area contributed by atoms with Crippen LogP contribution in [0.5, 0.6) is 0 Å². The lowest BCUT2D eigenvalue weighted by Crippen LogP contribution is -2.34. The summed E-state index contributed by atoms with van der Waals surface area (Å²) < 4.78 is 14.9. The molecule has 6 atom stereocenters. The van der Waals surface area contributed by atoms with Crippen LogP contribution in [0.3, 0.4) is 0 Å². The van der Waals surface area contributed by atoms with E-state index in [1.165, 1.54) is 6.33 Å². The second kappa shape index (κ2) is 6.33. The molecule has 9 heteroatoms. The maximum absolute atomic E-state index is 11.5. The zero-order valence-corrected chi connectivity index (χ0v) is 18.5. The number of halogens is 2. The molecule has 31 heavy (non-hydrogen) atoms. The van der Waals surface area contributed by atoms with Crippen LogP contribution in [0.2, 0.25) is 10.0 Å². The van der Waals surface area contributed by atoms with Gasteiger partial charge in [-0.05, 0) is 49.9 Å². The summed E-state index contributed by atoms with van der Waals surface area (Å²) in [5, 5.41) is 13.2. The van der Waals surface area contributed by atoms with Gasteiger partial charge in [-0.3, -0.25) is 0 Å². The largest absolute Gasteiger partial charge is 0.388 e. The fourth-order valence-electron chi connectivity index (χ4n) is 5.82. The molecule has 2 saturated carbocycles. The molecule has 0 bridgehead atoms. The number of anilines is 1. The van der Waals surface area contributed by atoms with Gasteiger partial charge in [0.2, 0.25) is 0 Å². The van der Waals surface area contributed by atoms with Crippen LogP contribution in [0.1, 0.15) is 38.0 Å². The molecule has 0 radical (unpaired) electrons. The Balaban J connectivity index is 1.45. The number of benzene rings is 1. The number of fused-ring (bicyclic) bond motifs is 4. The van der Waals surface area contributed by atoms with Gasteiger partial charge in [0, 0.05) is 11.6 Å². The predicted octanol–water partition coefficient (Wildman–Crippen LogP) is 4.14. The summed E-state index contributed by atoms with van der Waals surface area (Å²) >= 11 is 12.3. The molecular formula is C22H22Cl2N4O3. The van der Waals surface area contributed by atoms with Crippen LogP contribution >= 0.6 is 23.2 Å². The molecule has 2 aromatic heterocycles. The summed E-state index contributed by atoms with van der Waals surface area (Å²) in [6.45, 7) is 3.82. The van der Waals surface area contributed by atoms with E-state index in [-0.39, 0.29) is 24.2 Å². The van der Waals surface area contributed by atoms with E-state index in [0.29, 0.717) is 15.9 Å². The number of hydrogen-bond donors (Lipinski definition) is 2. The number of nitrogens with zero attached hydrogens (tertiary/aromatic N) is 3. The van der Waals surface area contributed by atoms with E-state index in [1.54, 1.807) is 12.1 Å². The topological polar surface area (TPSA) is 95.4 Å². The summed E-state index contributed by atoms with van der Waals surface area (Å²) in [5.41, 5.74) is 7.07. The Labute approximate surface area is 189 Å². The van der Waals surface area contributed by atoms with Gasteiger partial charge < -0.3 is 24.9 Å². The zero-order valence-electron chi connectivity index (χ0n) is 17.0. The van der Waals surface area contributed by atoms with Crippen molar-refractivity contribution < 1.29 is 14.6 Å². The van der Waals surface area contributed by atoms with Crippen molar-refractivity contribution in [3.05, 3.63) is 52.4 Å². The van der Waals surface area contributed by atoms with Gasteiger partial charge in [0.25, 0.3) is 0 Å². The molecule has 0 amide bonds. The van der Waals surface area contributed by atoms with Crippen LogP contribution < -0.4 is 5.73 Å². The molecule has 3 aliphatic rings. The maximum Gasteiger partial charge on any atom is 0.163 e. The lowest BCUT2D eigenvalue weighted by Gasteiger charge is -2.28. The molecule has 1 aliphatic heterocycles. The SMILES string of the molecule is CC1(C)O[C@H]2[C@H](n3ccc4c(N)ncnc43)[C@H]3C[C@@]3(C(O)c3ccc(Cl)c(Cl)c3)[C@H]2O1. The lowest BCUT2D eigenvalue weighted by atomic mass is 9.88. The fraction of sp³-hybridized carbons (Fsp3) is 0.455. The Morgan fingerprint density at radius 3 is 2.77 bits per heavy atom. The summed E-state index contributed by atoms with van der Waals surface area (Å²) in [4.78, 5) is 8.58. The Morgan fingerprint density at radius 2 is 2.00 bits per heavy atom. The minimum atomic E-state index is -0.760. The van der Waals surface area contributed by atoms with E-state index < -0.39 is 17.3 Å². The Kier molecular flexibility index (Phi) is 4.03. The highest BCUT2D eigenvalue weighted by atomic mass is 35.5.